The SMILES string of the molecule is O=C(NC1CCCC1c1ccccc1)C1CCN(c2nc3cc(Cl)ccc3o2)CC1. The maximum absolute atomic E-state index is 13.0. The second-order valence-electron chi connectivity index (χ2n) is 8.43. The number of anilines is 1. The Morgan fingerprint density at radius 3 is 2.67 bits per heavy atom. The van der Waals surface area contributed by atoms with Gasteiger partial charge in [0.25, 0.3) is 6.01 Å². The van der Waals surface area contributed by atoms with Gasteiger partial charge in [-0.2, -0.15) is 4.98 Å². The largest absolute Gasteiger partial charge is 0.423 e. The number of nitrogens with one attached hydrogen (secondary N) is 1. The zero-order valence-corrected chi connectivity index (χ0v) is 17.6. The number of carbonyl (C=O) groups is 1. The number of fused-ring (bicyclic) bond motifs is 1. The Morgan fingerprint density at radius 2 is 1.87 bits per heavy atom. The highest BCUT2D eigenvalue weighted by atomic mass is 35.5. The molecule has 1 N–H and O–H groups in total. The molecule has 0 bridgehead atoms. The summed E-state index contributed by atoms with van der Waals surface area (Å²) in [5.41, 5.74) is 2.85. The monoisotopic (exact) mass is 423 g/mol. The van der Waals surface area contributed by atoms with Gasteiger partial charge in [-0.05, 0) is 49.4 Å². The van der Waals surface area contributed by atoms with Crippen LogP contribution in [0.15, 0.2) is 52.9 Å². The number of piperidine rings is 1. The van der Waals surface area contributed by atoms with Gasteiger partial charge in [0.15, 0.2) is 5.58 Å². The third-order valence-corrected chi connectivity index (χ3v) is 6.78. The van der Waals surface area contributed by atoms with Gasteiger partial charge in [0.05, 0.1) is 0 Å². The van der Waals surface area contributed by atoms with Gasteiger partial charge in [-0.1, -0.05) is 48.4 Å². The molecule has 156 valence electrons. The lowest BCUT2D eigenvalue weighted by molar-refractivity contribution is -0.126. The number of halogens is 1. The van der Waals surface area contributed by atoms with Crippen LogP contribution in [0.25, 0.3) is 11.1 Å². The van der Waals surface area contributed by atoms with Crippen molar-refractivity contribution < 1.29 is 9.21 Å². The average Bonchev–Trinajstić information content (AvgIpc) is 3.41. The van der Waals surface area contributed by atoms with Crippen LogP contribution in [0.2, 0.25) is 5.02 Å². The van der Waals surface area contributed by atoms with Crippen molar-refractivity contribution in [2.75, 3.05) is 18.0 Å². The predicted octanol–water partition coefficient (Wildman–Crippen LogP) is 5.15. The Bertz CT molecular complexity index is 1030. The van der Waals surface area contributed by atoms with Gasteiger partial charge < -0.3 is 14.6 Å². The molecule has 3 aromatic rings. The van der Waals surface area contributed by atoms with Crippen LogP contribution >= 0.6 is 11.6 Å². The van der Waals surface area contributed by atoms with Gasteiger partial charge in [0.2, 0.25) is 5.91 Å². The first-order valence-corrected chi connectivity index (χ1v) is 11.2. The van der Waals surface area contributed by atoms with E-state index in [1.54, 1.807) is 6.07 Å². The standard InChI is InChI=1S/C24H26ClN3O2/c25-18-9-10-22-21(15-18)27-24(30-22)28-13-11-17(12-14-28)23(29)26-20-8-4-7-19(20)16-5-2-1-3-6-16/h1-3,5-6,9-10,15,17,19-20H,4,7-8,11-14H2,(H,26,29). The molecule has 2 fully saturated rings. The third kappa shape index (κ3) is 3.91. The lowest BCUT2D eigenvalue weighted by Gasteiger charge is -2.31. The summed E-state index contributed by atoms with van der Waals surface area (Å²) >= 11 is 6.05. The van der Waals surface area contributed by atoms with Crippen LogP contribution in [0.4, 0.5) is 6.01 Å². The highest BCUT2D eigenvalue weighted by Crippen LogP contribution is 2.35. The molecule has 1 amide bonds. The van der Waals surface area contributed by atoms with E-state index < -0.39 is 0 Å². The second kappa shape index (κ2) is 8.31. The van der Waals surface area contributed by atoms with E-state index in [4.69, 9.17) is 16.0 Å². The summed E-state index contributed by atoms with van der Waals surface area (Å²) in [6.07, 6.45) is 5.01. The molecule has 2 heterocycles. The molecule has 2 aliphatic rings. The lowest BCUT2D eigenvalue weighted by atomic mass is 9.92. The van der Waals surface area contributed by atoms with Crippen LogP contribution in [0.1, 0.15) is 43.6 Å². The van der Waals surface area contributed by atoms with Crippen LogP contribution in [0, 0.1) is 5.92 Å². The van der Waals surface area contributed by atoms with E-state index in [9.17, 15) is 4.79 Å². The summed E-state index contributed by atoms with van der Waals surface area (Å²) in [5.74, 6) is 0.686. The first-order chi connectivity index (χ1) is 14.7. The van der Waals surface area contributed by atoms with Crippen molar-refractivity contribution in [2.45, 2.75) is 44.1 Å². The summed E-state index contributed by atoms with van der Waals surface area (Å²) < 4.78 is 5.88. The van der Waals surface area contributed by atoms with Gasteiger partial charge in [-0.3, -0.25) is 4.79 Å². The van der Waals surface area contributed by atoms with Crippen molar-refractivity contribution in [1.82, 2.24) is 10.3 Å². The Labute approximate surface area is 181 Å². The molecular weight excluding hydrogens is 398 g/mol. The van der Waals surface area contributed by atoms with Crippen LogP contribution < -0.4 is 10.2 Å². The van der Waals surface area contributed by atoms with Gasteiger partial charge in [-0.15, -0.1) is 0 Å². The van der Waals surface area contributed by atoms with E-state index in [-0.39, 0.29) is 17.9 Å². The van der Waals surface area contributed by atoms with Crippen LogP contribution in [-0.4, -0.2) is 30.0 Å². The molecule has 30 heavy (non-hydrogen) atoms. The summed E-state index contributed by atoms with van der Waals surface area (Å²) in [4.78, 5) is 19.7. The number of amides is 1. The van der Waals surface area contributed by atoms with E-state index >= 15 is 0 Å². The van der Waals surface area contributed by atoms with Gasteiger partial charge >= 0.3 is 0 Å². The number of hydrogen-bond acceptors (Lipinski definition) is 4. The lowest BCUT2D eigenvalue weighted by Crippen LogP contribution is -2.44. The second-order valence-corrected chi connectivity index (χ2v) is 8.87. The van der Waals surface area contributed by atoms with Crippen molar-refractivity contribution in [2.24, 2.45) is 5.92 Å². The van der Waals surface area contributed by atoms with Gasteiger partial charge in [0, 0.05) is 36.0 Å². The normalized spacial score (nSPS) is 22.5. The van der Waals surface area contributed by atoms with Gasteiger partial charge in [-0.25, -0.2) is 0 Å². The molecule has 6 heteroatoms. The van der Waals surface area contributed by atoms with E-state index in [0.717, 1.165) is 49.9 Å². The molecule has 1 aromatic heterocycles. The van der Waals surface area contributed by atoms with E-state index in [1.807, 2.05) is 18.2 Å². The fourth-order valence-electron chi connectivity index (χ4n) is 4.89. The molecule has 1 aliphatic carbocycles. The molecule has 0 spiro atoms. The average molecular weight is 424 g/mol. The molecule has 0 radical (unpaired) electrons. The first kappa shape index (κ1) is 19.4. The number of carbonyl (C=O) groups excluding carboxylic acids is 1. The van der Waals surface area contributed by atoms with Crippen molar-refractivity contribution >= 4 is 34.6 Å². The van der Waals surface area contributed by atoms with Crippen LogP contribution in [0.3, 0.4) is 0 Å². The number of aromatic nitrogens is 1. The Morgan fingerprint density at radius 1 is 1.07 bits per heavy atom. The fraction of sp³-hybridized carbons (Fsp3) is 0.417. The van der Waals surface area contributed by atoms with Crippen molar-refractivity contribution in [3.8, 4) is 0 Å². The molecule has 1 saturated carbocycles. The maximum Gasteiger partial charge on any atom is 0.298 e. The van der Waals surface area contributed by atoms with Crippen LogP contribution in [-0.2, 0) is 4.79 Å². The van der Waals surface area contributed by atoms with E-state index in [2.05, 4.69) is 39.5 Å². The molecule has 5 rings (SSSR count). The van der Waals surface area contributed by atoms with Crippen LogP contribution in [0.5, 0.6) is 0 Å². The highest BCUT2D eigenvalue weighted by molar-refractivity contribution is 6.31. The predicted molar refractivity (Wildman–Crippen MR) is 119 cm³/mol. The summed E-state index contributed by atoms with van der Waals surface area (Å²) in [7, 11) is 0. The highest BCUT2D eigenvalue weighted by Gasteiger charge is 2.33. The topological polar surface area (TPSA) is 58.4 Å². The molecular formula is C24H26ClN3O2. The molecule has 2 aromatic carbocycles. The number of nitrogens with zero attached hydrogens (tertiary/aromatic N) is 2. The minimum Gasteiger partial charge on any atom is -0.423 e. The molecule has 1 aliphatic heterocycles. The molecule has 1 saturated heterocycles. The summed E-state index contributed by atoms with van der Waals surface area (Å²) in [6, 6.07) is 16.9. The van der Waals surface area contributed by atoms with Crippen molar-refractivity contribution in [3.63, 3.8) is 0 Å². The fourth-order valence-corrected chi connectivity index (χ4v) is 5.06. The molecule has 5 nitrogen and oxygen atoms in total. The quantitative estimate of drug-likeness (QED) is 0.630. The minimum absolute atomic E-state index is 0.0529. The zero-order chi connectivity index (χ0) is 20.5. The maximum atomic E-state index is 13.0. The first-order valence-electron chi connectivity index (χ1n) is 10.8. The van der Waals surface area contributed by atoms with Crippen molar-refractivity contribution in [3.05, 3.63) is 59.1 Å². The number of benzene rings is 2. The molecule has 2 atom stereocenters. The Kier molecular flexibility index (Phi) is 5.38. The minimum atomic E-state index is 0.0529. The number of rotatable bonds is 4. The number of hydrogen-bond donors (Lipinski definition) is 1. The number of oxazole rings is 1. The zero-order valence-electron chi connectivity index (χ0n) is 16.9. The van der Waals surface area contributed by atoms with Crippen molar-refractivity contribution in [1.29, 1.82) is 0 Å². The van der Waals surface area contributed by atoms with Gasteiger partial charge in [0.1, 0.15) is 5.52 Å². The smallest absolute Gasteiger partial charge is 0.298 e. The summed E-state index contributed by atoms with van der Waals surface area (Å²) in [5, 5.41) is 4.02. The molecule has 2 unspecified atom stereocenters. The van der Waals surface area contributed by atoms with E-state index in [1.165, 1.54) is 12.0 Å². The third-order valence-electron chi connectivity index (χ3n) is 6.55. The summed E-state index contributed by atoms with van der Waals surface area (Å²) in [6.45, 7) is 1.54. The Hall–Kier alpha value is -2.53. The Balaban J connectivity index is 1.19. The van der Waals surface area contributed by atoms with E-state index in [0.29, 0.717) is 17.0 Å².